The number of nitrogens with one attached hydrogen (secondary N) is 2. The molecule has 1 atom stereocenters. The van der Waals surface area contributed by atoms with Gasteiger partial charge in [-0.05, 0) is 37.3 Å². The first-order chi connectivity index (χ1) is 10.7. The molecule has 0 aliphatic heterocycles. The van der Waals surface area contributed by atoms with Gasteiger partial charge < -0.3 is 15.1 Å². The van der Waals surface area contributed by atoms with Crippen LogP contribution in [0.1, 0.15) is 18.7 Å². The second-order valence-corrected chi connectivity index (χ2v) is 4.69. The lowest BCUT2D eigenvalue weighted by Gasteiger charge is -2.12. The number of rotatable bonds is 4. The highest BCUT2D eigenvalue weighted by molar-refractivity contribution is 5.89. The molecule has 0 spiro atoms. The number of amides is 2. The summed E-state index contributed by atoms with van der Waals surface area (Å²) >= 11 is 0. The van der Waals surface area contributed by atoms with Gasteiger partial charge in [0.25, 0.3) is 0 Å². The van der Waals surface area contributed by atoms with E-state index in [4.69, 9.17) is 4.42 Å². The molecule has 3 aromatic rings. The highest BCUT2D eigenvalue weighted by atomic mass is 16.3. The number of anilines is 1. The number of nitrogens with zero attached hydrogens (tertiary/aromatic N) is 3. The summed E-state index contributed by atoms with van der Waals surface area (Å²) in [7, 11) is 0. The van der Waals surface area contributed by atoms with E-state index < -0.39 is 0 Å². The van der Waals surface area contributed by atoms with E-state index >= 15 is 0 Å². The summed E-state index contributed by atoms with van der Waals surface area (Å²) in [5.74, 6) is 1.38. The number of aromatic nitrogens is 3. The highest BCUT2D eigenvalue weighted by Gasteiger charge is 2.11. The van der Waals surface area contributed by atoms with Crippen LogP contribution in [0.5, 0.6) is 0 Å². The molecule has 0 saturated heterocycles. The third kappa shape index (κ3) is 3.14. The maximum Gasteiger partial charge on any atom is 0.319 e. The van der Waals surface area contributed by atoms with Crippen molar-refractivity contribution in [2.45, 2.75) is 13.0 Å². The predicted molar refractivity (Wildman–Crippen MR) is 80.6 cm³/mol. The van der Waals surface area contributed by atoms with Crippen molar-refractivity contribution in [3.05, 3.63) is 60.9 Å². The third-order valence-electron chi connectivity index (χ3n) is 3.06. The first kappa shape index (κ1) is 13.9. The van der Waals surface area contributed by atoms with Crippen molar-refractivity contribution < 1.29 is 9.21 Å². The number of furan rings is 1. The van der Waals surface area contributed by atoms with Gasteiger partial charge >= 0.3 is 6.03 Å². The number of hydrogen-bond acceptors (Lipinski definition) is 4. The van der Waals surface area contributed by atoms with Crippen molar-refractivity contribution >= 4 is 11.7 Å². The minimum absolute atomic E-state index is 0.216. The fourth-order valence-corrected chi connectivity index (χ4v) is 1.97. The van der Waals surface area contributed by atoms with Crippen LogP contribution in [-0.2, 0) is 0 Å². The van der Waals surface area contributed by atoms with Crippen LogP contribution in [0.3, 0.4) is 0 Å². The maximum absolute atomic E-state index is 11.9. The Balaban J connectivity index is 1.60. The molecule has 7 nitrogen and oxygen atoms in total. The van der Waals surface area contributed by atoms with Crippen LogP contribution in [-0.4, -0.2) is 20.8 Å². The van der Waals surface area contributed by atoms with Gasteiger partial charge in [-0.1, -0.05) is 0 Å². The number of carbonyl (C=O) groups excluding carboxylic acids is 1. The molecule has 112 valence electrons. The van der Waals surface area contributed by atoms with E-state index in [0.29, 0.717) is 17.3 Å². The third-order valence-corrected chi connectivity index (χ3v) is 3.06. The zero-order chi connectivity index (χ0) is 15.4. The quantitative estimate of drug-likeness (QED) is 0.775. The van der Waals surface area contributed by atoms with Gasteiger partial charge in [0.15, 0.2) is 5.82 Å². The normalized spacial score (nSPS) is 11.9. The van der Waals surface area contributed by atoms with Crippen LogP contribution >= 0.6 is 0 Å². The maximum atomic E-state index is 11.9. The van der Waals surface area contributed by atoms with Gasteiger partial charge in [-0.3, -0.25) is 0 Å². The van der Waals surface area contributed by atoms with Crippen molar-refractivity contribution in [3.63, 3.8) is 0 Å². The standard InChI is InChI=1S/C15H15N5O2/c1-11(13-4-2-9-22-13)18-15(21)19-12-5-6-14(16-10-12)20-8-3-7-17-20/h2-11H,1H3,(H2,18,19,21)/t11-/m1/s1. The SMILES string of the molecule is C[C@@H](NC(=O)Nc1ccc(-n2cccn2)nc1)c1ccco1. The molecule has 3 heterocycles. The van der Waals surface area contributed by atoms with Crippen LogP contribution < -0.4 is 10.6 Å². The Morgan fingerprint density at radius 3 is 2.86 bits per heavy atom. The highest BCUT2D eigenvalue weighted by Crippen LogP contribution is 2.13. The summed E-state index contributed by atoms with van der Waals surface area (Å²) in [6.07, 6.45) is 6.63. The van der Waals surface area contributed by atoms with Crippen LogP contribution in [0.15, 0.2) is 59.6 Å². The predicted octanol–water partition coefficient (Wildman–Crippen LogP) is 2.74. The molecule has 0 aliphatic carbocycles. The summed E-state index contributed by atoms with van der Waals surface area (Å²) in [6.45, 7) is 1.84. The monoisotopic (exact) mass is 297 g/mol. The Morgan fingerprint density at radius 2 is 2.23 bits per heavy atom. The van der Waals surface area contributed by atoms with E-state index in [1.807, 2.05) is 19.1 Å². The van der Waals surface area contributed by atoms with Crippen molar-refractivity contribution in [1.29, 1.82) is 0 Å². The minimum Gasteiger partial charge on any atom is -0.467 e. The lowest BCUT2D eigenvalue weighted by atomic mass is 10.2. The summed E-state index contributed by atoms with van der Waals surface area (Å²) in [6, 6.07) is 8.41. The van der Waals surface area contributed by atoms with E-state index in [1.165, 1.54) is 0 Å². The molecule has 0 unspecified atom stereocenters. The Bertz CT molecular complexity index is 720. The molecule has 3 aromatic heterocycles. The van der Waals surface area contributed by atoms with Gasteiger partial charge in [-0.2, -0.15) is 5.10 Å². The fourth-order valence-electron chi connectivity index (χ4n) is 1.97. The van der Waals surface area contributed by atoms with Gasteiger partial charge in [0, 0.05) is 12.4 Å². The molecule has 0 saturated carbocycles. The lowest BCUT2D eigenvalue weighted by molar-refractivity contribution is 0.247. The molecule has 3 rings (SSSR count). The molecule has 7 heteroatoms. The van der Waals surface area contributed by atoms with Crippen LogP contribution in [0.25, 0.3) is 5.82 Å². The van der Waals surface area contributed by atoms with Crippen LogP contribution in [0.4, 0.5) is 10.5 Å². The Labute approximate surface area is 127 Å². The summed E-state index contributed by atoms with van der Waals surface area (Å²) in [5, 5.41) is 9.60. The van der Waals surface area contributed by atoms with Gasteiger partial charge in [-0.25, -0.2) is 14.5 Å². The summed E-state index contributed by atoms with van der Waals surface area (Å²) in [5.41, 5.74) is 0.597. The zero-order valence-corrected chi connectivity index (χ0v) is 11.9. The van der Waals surface area contributed by atoms with Crippen molar-refractivity contribution in [1.82, 2.24) is 20.1 Å². The first-order valence-corrected chi connectivity index (χ1v) is 6.79. The number of hydrogen-bond donors (Lipinski definition) is 2. The van der Waals surface area contributed by atoms with E-state index in [1.54, 1.807) is 47.7 Å². The summed E-state index contributed by atoms with van der Waals surface area (Å²) in [4.78, 5) is 16.2. The van der Waals surface area contributed by atoms with Crippen molar-refractivity contribution in [2.75, 3.05) is 5.32 Å². The number of urea groups is 1. The van der Waals surface area contributed by atoms with E-state index in [2.05, 4.69) is 20.7 Å². The second kappa shape index (κ2) is 6.13. The van der Waals surface area contributed by atoms with E-state index in [-0.39, 0.29) is 12.1 Å². The van der Waals surface area contributed by atoms with Crippen LogP contribution in [0, 0.1) is 0 Å². The van der Waals surface area contributed by atoms with E-state index in [9.17, 15) is 4.79 Å². The topological polar surface area (TPSA) is 85.0 Å². The average molecular weight is 297 g/mol. The summed E-state index contributed by atoms with van der Waals surface area (Å²) < 4.78 is 6.88. The zero-order valence-electron chi connectivity index (χ0n) is 11.9. The fraction of sp³-hybridized carbons (Fsp3) is 0.133. The molecular formula is C15H15N5O2. The molecule has 0 aromatic carbocycles. The van der Waals surface area contributed by atoms with Gasteiger partial charge in [0.1, 0.15) is 5.76 Å². The van der Waals surface area contributed by atoms with E-state index in [0.717, 1.165) is 0 Å². The molecule has 0 aliphatic rings. The molecule has 0 bridgehead atoms. The lowest BCUT2D eigenvalue weighted by Crippen LogP contribution is -2.31. The second-order valence-electron chi connectivity index (χ2n) is 4.69. The van der Waals surface area contributed by atoms with Crippen LogP contribution in [0.2, 0.25) is 0 Å². The number of pyridine rings is 1. The Kier molecular flexibility index (Phi) is 3.86. The molecule has 0 fully saturated rings. The Hall–Kier alpha value is -3.09. The van der Waals surface area contributed by atoms with Gasteiger partial charge in [-0.15, -0.1) is 0 Å². The largest absolute Gasteiger partial charge is 0.467 e. The smallest absolute Gasteiger partial charge is 0.319 e. The van der Waals surface area contributed by atoms with Gasteiger partial charge in [0.2, 0.25) is 0 Å². The average Bonchev–Trinajstić information content (AvgIpc) is 3.21. The minimum atomic E-state index is -0.322. The van der Waals surface area contributed by atoms with Crippen molar-refractivity contribution in [3.8, 4) is 5.82 Å². The van der Waals surface area contributed by atoms with Crippen molar-refractivity contribution in [2.24, 2.45) is 0 Å². The number of carbonyl (C=O) groups is 1. The molecule has 0 radical (unpaired) electrons. The molecule has 2 N–H and O–H groups in total. The molecular weight excluding hydrogens is 282 g/mol. The Morgan fingerprint density at radius 1 is 1.32 bits per heavy atom. The molecule has 2 amide bonds. The first-order valence-electron chi connectivity index (χ1n) is 6.79. The van der Waals surface area contributed by atoms with Gasteiger partial charge in [0.05, 0.1) is 24.2 Å². The molecule has 22 heavy (non-hydrogen) atoms.